The molecule has 1 saturated carbocycles. The molecule has 0 amide bonds. The highest BCUT2D eigenvalue weighted by Crippen LogP contribution is 2.43. The van der Waals surface area contributed by atoms with Crippen LogP contribution in [0, 0.1) is 5.92 Å². The molecule has 2 heterocycles. The van der Waals surface area contributed by atoms with Crippen molar-refractivity contribution in [1.82, 2.24) is 9.88 Å². The van der Waals surface area contributed by atoms with Crippen molar-refractivity contribution in [1.29, 1.82) is 0 Å². The Morgan fingerprint density at radius 3 is 2.88 bits per heavy atom. The molecule has 1 saturated heterocycles. The summed E-state index contributed by atoms with van der Waals surface area (Å²) in [5.74, 6) is 2.48. The second-order valence-corrected chi connectivity index (χ2v) is 6.78. The Labute approximate surface area is 143 Å². The van der Waals surface area contributed by atoms with Crippen molar-refractivity contribution in [3.8, 4) is 11.5 Å². The van der Waals surface area contributed by atoms with E-state index in [1.807, 2.05) is 36.5 Å². The van der Waals surface area contributed by atoms with Crippen LogP contribution in [0.3, 0.4) is 0 Å². The summed E-state index contributed by atoms with van der Waals surface area (Å²) >= 11 is 0. The van der Waals surface area contributed by atoms with Crippen LogP contribution in [0.25, 0.3) is 0 Å². The van der Waals surface area contributed by atoms with Crippen LogP contribution in [0.15, 0.2) is 48.7 Å². The molecule has 2 bridgehead atoms. The van der Waals surface area contributed by atoms with Gasteiger partial charge in [0.1, 0.15) is 18.1 Å². The molecule has 0 radical (unpaired) electrons. The summed E-state index contributed by atoms with van der Waals surface area (Å²) < 4.78 is 11.4. The van der Waals surface area contributed by atoms with Crippen molar-refractivity contribution >= 4 is 0 Å². The molecule has 1 aliphatic carbocycles. The van der Waals surface area contributed by atoms with E-state index in [2.05, 4.69) is 22.0 Å². The molecule has 1 aromatic carbocycles. The molecule has 1 aromatic heterocycles. The van der Waals surface area contributed by atoms with E-state index < -0.39 is 0 Å². The number of piperidine rings is 1. The summed E-state index contributed by atoms with van der Waals surface area (Å²) in [6, 6.07) is 15.2. The molecule has 126 valence electrons. The van der Waals surface area contributed by atoms with Crippen molar-refractivity contribution in [3.05, 3.63) is 54.4 Å². The summed E-state index contributed by atoms with van der Waals surface area (Å²) in [7, 11) is 1.68. The van der Waals surface area contributed by atoms with Crippen molar-refractivity contribution in [2.45, 2.75) is 37.9 Å². The largest absolute Gasteiger partial charge is 0.497 e. The van der Waals surface area contributed by atoms with Gasteiger partial charge in [-0.1, -0.05) is 12.1 Å². The normalized spacial score (nSPS) is 25.8. The third-order valence-electron chi connectivity index (χ3n) is 5.42. The van der Waals surface area contributed by atoms with Gasteiger partial charge in [-0.25, -0.2) is 0 Å². The second-order valence-electron chi connectivity index (χ2n) is 6.78. The molecule has 24 heavy (non-hydrogen) atoms. The number of rotatable bonds is 6. The second kappa shape index (κ2) is 6.81. The Bertz CT molecular complexity index is 676. The maximum absolute atomic E-state index is 6.11. The minimum absolute atomic E-state index is 0.483. The van der Waals surface area contributed by atoms with Gasteiger partial charge in [0.15, 0.2) is 0 Å². The number of aromatic nitrogens is 1. The Morgan fingerprint density at radius 2 is 2.04 bits per heavy atom. The lowest BCUT2D eigenvalue weighted by molar-refractivity contribution is 0.0855. The Balaban J connectivity index is 1.44. The number of hydrogen-bond acceptors (Lipinski definition) is 4. The monoisotopic (exact) mass is 324 g/mol. The molecule has 4 heteroatoms. The zero-order valence-corrected chi connectivity index (χ0v) is 14.1. The number of likely N-dealkylation sites (tertiary alicyclic amines) is 1. The number of hydrogen-bond donors (Lipinski definition) is 0. The predicted molar refractivity (Wildman–Crippen MR) is 93.2 cm³/mol. The third-order valence-corrected chi connectivity index (χ3v) is 5.42. The van der Waals surface area contributed by atoms with Gasteiger partial charge in [-0.15, -0.1) is 0 Å². The number of fused-ring (bicyclic) bond motifs is 2. The van der Waals surface area contributed by atoms with Gasteiger partial charge >= 0.3 is 0 Å². The average molecular weight is 324 g/mol. The van der Waals surface area contributed by atoms with Gasteiger partial charge in [0.25, 0.3) is 0 Å². The van der Waals surface area contributed by atoms with Gasteiger partial charge in [0, 0.05) is 30.9 Å². The summed E-state index contributed by atoms with van der Waals surface area (Å²) in [5.41, 5.74) is 1.15. The standard InChI is InChI=1S/C20H24N2O2/c1-23-18-6-4-7-19(12-18)24-14-20-15-8-9-17(11-15)22(20)13-16-5-2-3-10-21-16/h2-7,10,12,15,17,20H,8-9,11,13-14H2,1H3/t15-,17+,20-/m1/s1. The molecular formula is C20H24N2O2. The van der Waals surface area contributed by atoms with Crippen molar-refractivity contribution in [3.63, 3.8) is 0 Å². The molecule has 3 atom stereocenters. The molecule has 2 fully saturated rings. The van der Waals surface area contributed by atoms with Crippen LogP contribution in [0.1, 0.15) is 25.0 Å². The summed E-state index contributed by atoms with van der Waals surface area (Å²) in [4.78, 5) is 7.11. The van der Waals surface area contributed by atoms with Crippen molar-refractivity contribution in [2.24, 2.45) is 5.92 Å². The van der Waals surface area contributed by atoms with Crippen LogP contribution in [-0.2, 0) is 6.54 Å². The Hall–Kier alpha value is -2.07. The highest BCUT2D eigenvalue weighted by atomic mass is 16.5. The Kier molecular flexibility index (Phi) is 4.39. The maximum atomic E-state index is 6.11. The predicted octanol–water partition coefficient (Wildman–Crippen LogP) is 3.52. The first-order valence-electron chi connectivity index (χ1n) is 8.76. The van der Waals surface area contributed by atoms with Crippen LogP contribution in [0.2, 0.25) is 0 Å². The van der Waals surface area contributed by atoms with E-state index in [-0.39, 0.29) is 0 Å². The summed E-state index contributed by atoms with van der Waals surface area (Å²) in [6.45, 7) is 1.66. The van der Waals surface area contributed by atoms with Crippen LogP contribution < -0.4 is 9.47 Å². The van der Waals surface area contributed by atoms with E-state index in [0.29, 0.717) is 12.1 Å². The molecule has 4 nitrogen and oxygen atoms in total. The van der Waals surface area contributed by atoms with Crippen molar-refractivity contribution in [2.75, 3.05) is 13.7 Å². The first kappa shape index (κ1) is 15.5. The molecule has 0 N–H and O–H groups in total. The van der Waals surface area contributed by atoms with E-state index in [9.17, 15) is 0 Å². The van der Waals surface area contributed by atoms with Crippen LogP contribution >= 0.6 is 0 Å². The molecule has 1 aliphatic heterocycles. The van der Waals surface area contributed by atoms with Crippen LogP contribution in [-0.4, -0.2) is 35.7 Å². The van der Waals surface area contributed by atoms with E-state index >= 15 is 0 Å². The van der Waals surface area contributed by atoms with Gasteiger partial charge in [0.2, 0.25) is 0 Å². The lowest BCUT2D eigenvalue weighted by atomic mass is 9.99. The molecule has 0 unspecified atom stereocenters. The summed E-state index contributed by atoms with van der Waals surface area (Å²) in [5, 5.41) is 0. The molecule has 2 aliphatic rings. The van der Waals surface area contributed by atoms with Gasteiger partial charge < -0.3 is 9.47 Å². The minimum atomic E-state index is 0.483. The van der Waals surface area contributed by atoms with Gasteiger partial charge in [-0.3, -0.25) is 9.88 Å². The van der Waals surface area contributed by atoms with Gasteiger partial charge in [0.05, 0.1) is 12.8 Å². The van der Waals surface area contributed by atoms with E-state index in [0.717, 1.165) is 36.3 Å². The first-order chi connectivity index (χ1) is 11.8. The van der Waals surface area contributed by atoms with Gasteiger partial charge in [-0.2, -0.15) is 0 Å². The van der Waals surface area contributed by atoms with Gasteiger partial charge in [-0.05, 0) is 49.4 Å². The van der Waals surface area contributed by atoms with Crippen LogP contribution in [0.4, 0.5) is 0 Å². The quantitative estimate of drug-likeness (QED) is 0.814. The Morgan fingerprint density at radius 1 is 1.12 bits per heavy atom. The highest BCUT2D eigenvalue weighted by Gasteiger charge is 2.45. The molecule has 2 aromatic rings. The van der Waals surface area contributed by atoms with E-state index in [1.54, 1.807) is 7.11 Å². The van der Waals surface area contributed by atoms with Crippen molar-refractivity contribution < 1.29 is 9.47 Å². The topological polar surface area (TPSA) is 34.6 Å². The molecule has 0 spiro atoms. The average Bonchev–Trinajstić information content (AvgIpc) is 3.23. The zero-order chi connectivity index (χ0) is 16.4. The lowest BCUT2D eigenvalue weighted by Crippen LogP contribution is -2.43. The number of nitrogens with zero attached hydrogens (tertiary/aromatic N) is 2. The van der Waals surface area contributed by atoms with E-state index in [1.165, 1.54) is 19.3 Å². The zero-order valence-electron chi connectivity index (χ0n) is 14.1. The van der Waals surface area contributed by atoms with Crippen LogP contribution in [0.5, 0.6) is 11.5 Å². The lowest BCUT2D eigenvalue weighted by Gasteiger charge is -2.34. The van der Waals surface area contributed by atoms with E-state index in [4.69, 9.17) is 9.47 Å². The number of benzene rings is 1. The smallest absolute Gasteiger partial charge is 0.123 e. The minimum Gasteiger partial charge on any atom is -0.497 e. The number of methoxy groups -OCH3 is 1. The SMILES string of the molecule is COc1cccc(OC[C@@H]2[C@@H]3CC[C@@H](C3)N2Cc2ccccn2)c1. The first-order valence-corrected chi connectivity index (χ1v) is 8.76. The molecular weight excluding hydrogens is 300 g/mol. The number of ether oxygens (including phenoxy) is 2. The highest BCUT2D eigenvalue weighted by molar-refractivity contribution is 5.32. The third kappa shape index (κ3) is 3.11. The fourth-order valence-corrected chi connectivity index (χ4v) is 4.21. The summed E-state index contributed by atoms with van der Waals surface area (Å²) in [6.07, 6.45) is 5.83. The maximum Gasteiger partial charge on any atom is 0.123 e. The molecule has 4 rings (SSSR count). The number of pyridine rings is 1. The fraction of sp³-hybridized carbons (Fsp3) is 0.450. The fourth-order valence-electron chi connectivity index (χ4n) is 4.21.